The van der Waals surface area contributed by atoms with Gasteiger partial charge < -0.3 is 9.84 Å². The van der Waals surface area contributed by atoms with Crippen LogP contribution in [-0.2, 0) is 0 Å². The molecule has 0 aliphatic carbocycles. The average molecular weight is 137 g/mol. The van der Waals surface area contributed by atoms with Gasteiger partial charge in [-0.15, -0.1) is 0 Å². The fourth-order valence-corrected chi connectivity index (χ4v) is 0.729. The number of ether oxygens (including phenoxy) is 1. The molecule has 0 heterocycles. The molecule has 0 saturated heterocycles. The van der Waals surface area contributed by atoms with Crippen molar-refractivity contribution in [3.8, 4) is 11.5 Å². The number of hydrogen-bond donors (Lipinski definition) is 1. The van der Waals surface area contributed by atoms with Crippen molar-refractivity contribution in [2.75, 3.05) is 7.11 Å². The van der Waals surface area contributed by atoms with E-state index < -0.39 is 0 Å². The van der Waals surface area contributed by atoms with E-state index in [2.05, 4.69) is 6.07 Å². The van der Waals surface area contributed by atoms with E-state index in [1.54, 1.807) is 19.1 Å². The van der Waals surface area contributed by atoms with E-state index in [1.165, 1.54) is 7.11 Å². The molecule has 0 aliphatic heterocycles. The molecule has 1 N–H and O–H groups in total. The third-order valence-electron chi connectivity index (χ3n) is 1.34. The molecule has 0 bridgehead atoms. The number of rotatable bonds is 1. The lowest BCUT2D eigenvalue weighted by atomic mass is 10.2. The van der Waals surface area contributed by atoms with Gasteiger partial charge in [0.1, 0.15) is 0 Å². The smallest absolute Gasteiger partial charge is 0.161 e. The molecule has 2 heteroatoms. The molecule has 1 radical (unpaired) electrons. The Kier molecular flexibility index (Phi) is 1.81. The molecule has 0 aliphatic rings. The number of methoxy groups -OCH3 is 1. The first-order valence-corrected chi connectivity index (χ1v) is 2.99. The van der Waals surface area contributed by atoms with E-state index in [0.717, 1.165) is 5.56 Å². The van der Waals surface area contributed by atoms with Crippen LogP contribution in [0.25, 0.3) is 0 Å². The summed E-state index contributed by atoms with van der Waals surface area (Å²) < 4.78 is 4.84. The van der Waals surface area contributed by atoms with Crippen molar-refractivity contribution in [3.05, 3.63) is 23.8 Å². The minimum absolute atomic E-state index is 0.196. The van der Waals surface area contributed by atoms with Crippen molar-refractivity contribution in [2.24, 2.45) is 0 Å². The second-order valence-corrected chi connectivity index (χ2v) is 2.06. The summed E-state index contributed by atoms with van der Waals surface area (Å²) in [6, 6.07) is 6.14. The van der Waals surface area contributed by atoms with E-state index in [9.17, 15) is 5.11 Å². The van der Waals surface area contributed by atoms with Crippen LogP contribution in [0.15, 0.2) is 12.1 Å². The quantitative estimate of drug-likeness (QED) is 0.635. The van der Waals surface area contributed by atoms with E-state index >= 15 is 0 Å². The standard InChI is InChI=1S/C8H9O2/c1-6-4-3-5-7(10-2)8(6)9/h4-5,9H,1-2H3. The summed E-state index contributed by atoms with van der Waals surface area (Å²) in [4.78, 5) is 0. The van der Waals surface area contributed by atoms with Gasteiger partial charge in [0.2, 0.25) is 0 Å². The van der Waals surface area contributed by atoms with Gasteiger partial charge in [0.05, 0.1) is 7.11 Å². The van der Waals surface area contributed by atoms with Crippen LogP contribution in [0.3, 0.4) is 0 Å². The molecular weight excluding hydrogens is 128 g/mol. The molecule has 0 unspecified atom stereocenters. The van der Waals surface area contributed by atoms with Crippen molar-refractivity contribution >= 4 is 0 Å². The summed E-state index contributed by atoms with van der Waals surface area (Å²) in [6.07, 6.45) is 0. The van der Waals surface area contributed by atoms with Crippen LogP contribution in [0.1, 0.15) is 5.56 Å². The van der Waals surface area contributed by atoms with Crippen LogP contribution in [0.5, 0.6) is 11.5 Å². The molecule has 2 nitrogen and oxygen atoms in total. The van der Waals surface area contributed by atoms with Gasteiger partial charge in [-0.05, 0) is 30.7 Å². The highest BCUT2D eigenvalue weighted by molar-refractivity contribution is 5.43. The number of hydrogen-bond acceptors (Lipinski definition) is 2. The zero-order valence-corrected chi connectivity index (χ0v) is 6.01. The van der Waals surface area contributed by atoms with E-state index in [-0.39, 0.29) is 5.75 Å². The highest BCUT2D eigenvalue weighted by Gasteiger charge is 2.00. The first kappa shape index (κ1) is 6.93. The molecule has 1 aromatic rings. The van der Waals surface area contributed by atoms with Crippen molar-refractivity contribution in [3.63, 3.8) is 0 Å². The molecule has 1 aromatic carbocycles. The minimum atomic E-state index is 0.196. The first-order valence-electron chi connectivity index (χ1n) is 2.99. The van der Waals surface area contributed by atoms with Crippen molar-refractivity contribution in [1.29, 1.82) is 0 Å². The van der Waals surface area contributed by atoms with Crippen LogP contribution in [0, 0.1) is 13.0 Å². The summed E-state index contributed by atoms with van der Waals surface area (Å²) in [5.41, 5.74) is 0.777. The minimum Gasteiger partial charge on any atom is -0.504 e. The number of phenols is 1. The molecular formula is C8H9O2. The van der Waals surface area contributed by atoms with Crippen molar-refractivity contribution in [2.45, 2.75) is 6.92 Å². The van der Waals surface area contributed by atoms with Crippen LogP contribution in [0.4, 0.5) is 0 Å². The highest BCUT2D eigenvalue weighted by atomic mass is 16.5. The SMILES string of the molecule is COc1c[c]cc(C)c1O. The normalized spacial score (nSPS) is 9.40. The predicted octanol–water partition coefficient (Wildman–Crippen LogP) is 1.51. The fourth-order valence-electron chi connectivity index (χ4n) is 0.729. The Labute approximate surface area is 60.1 Å². The van der Waals surface area contributed by atoms with E-state index in [1.807, 2.05) is 0 Å². The zero-order valence-electron chi connectivity index (χ0n) is 6.01. The van der Waals surface area contributed by atoms with Gasteiger partial charge in [-0.25, -0.2) is 0 Å². The van der Waals surface area contributed by atoms with Crippen LogP contribution in [-0.4, -0.2) is 12.2 Å². The maximum atomic E-state index is 9.25. The largest absolute Gasteiger partial charge is 0.504 e. The number of benzene rings is 1. The third-order valence-corrected chi connectivity index (χ3v) is 1.34. The molecule has 0 spiro atoms. The summed E-state index contributed by atoms with van der Waals surface area (Å²) in [6.45, 7) is 1.80. The Hall–Kier alpha value is -1.18. The lowest BCUT2D eigenvalue weighted by Crippen LogP contribution is -1.84. The van der Waals surface area contributed by atoms with Crippen molar-refractivity contribution in [1.82, 2.24) is 0 Å². The van der Waals surface area contributed by atoms with Crippen LogP contribution < -0.4 is 4.74 Å². The third kappa shape index (κ3) is 1.05. The summed E-state index contributed by atoms with van der Waals surface area (Å²) >= 11 is 0. The Bertz CT molecular complexity index is 231. The molecule has 1 rings (SSSR count). The predicted molar refractivity (Wildman–Crippen MR) is 38.2 cm³/mol. The van der Waals surface area contributed by atoms with Gasteiger partial charge in [0.15, 0.2) is 11.5 Å². The van der Waals surface area contributed by atoms with Gasteiger partial charge in [-0.1, -0.05) is 0 Å². The van der Waals surface area contributed by atoms with Crippen LogP contribution >= 0.6 is 0 Å². The van der Waals surface area contributed by atoms with Gasteiger partial charge in [0.25, 0.3) is 0 Å². The Morgan fingerprint density at radius 3 is 2.70 bits per heavy atom. The molecule has 0 saturated carbocycles. The molecule has 0 amide bonds. The molecule has 0 fully saturated rings. The second-order valence-electron chi connectivity index (χ2n) is 2.06. The van der Waals surface area contributed by atoms with Gasteiger partial charge in [-0.2, -0.15) is 0 Å². The van der Waals surface area contributed by atoms with E-state index in [4.69, 9.17) is 4.74 Å². The average Bonchev–Trinajstić information content (AvgIpc) is 1.95. The monoisotopic (exact) mass is 137 g/mol. The first-order chi connectivity index (χ1) is 4.75. The Morgan fingerprint density at radius 2 is 2.20 bits per heavy atom. The summed E-state index contributed by atoms with van der Waals surface area (Å²) in [7, 11) is 1.52. The summed E-state index contributed by atoms with van der Waals surface area (Å²) in [5.74, 6) is 0.668. The van der Waals surface area contributed by atoms with Crippen molar-refractivity contribution < 1.29 is 9.84 Å². The van der Waals surface area contributed by atoms with Gasteiger partial charge in [0, 0.05) is 0 Å². The fraction of sp³-hybridized carbons (Fsp3) is 0.250. The highest BCUT2D eigenvalue weighted by Crippen LogP contribution is 2.27. The number of aryl methyl sites for hydroxylation is 1. The van der Waals surface area contributed by atoms with Crippen LogP contribution in [0.2, 0.25) is 0 Å². The van der Waals surface area contributed by atoms with Gasteiger partial charge >= 0.3 is 0 Å². The molecule has 0 atom stereocenters. The molecule has 10 heavy (non-hydrogen) atoms. The maximum absolute atomic E-state index is 9.25. The number of aromatic hydroxyl groups is 1. The molecule has 53 valence electrons. The topological polar surface area (TPSA) is 29.5 Å². The summed E-state index contributed by atoms with van der Waals surface area (Å²) in [5, 5.41) is 9.25. The lowest BCUT2D eigenvalue weighted by Gasteiger charge is -2.03. The van der Waals surface area contributed by atoms with Gasteiger partial charge in [-0.3, -0.25) is 0 Å². The maximum Gasteiger partial charge on any atom is 0.161 e. The Morgan fingerprint density at radius 1 is 1.50 bits per heavy atom. The lowest BCUT2D eigenvalue weighted by molar-refractivity contribution is 0.371. The number of phenolic OH excluding ortho intramolecular Hbond substituents is 1. The van der Waals surface area contributed by atoms with E-state index in [0.29, 0.717) is 5.75 Å². The second kappa shape index (κ2) is 2.60. The molecule has 0 aromatic heterocycles. The Balaban J connectivity index is 3.14. The zero-order chi connectivity index (χ0) is 7.56.